The van der Waals surface area contributed by atoms with Crippen molar-refractivity contribution in [2.75, 3.05) is 33.2 Å². The molecule has 0 spiro atoms. The van der Waals surface area contributed by atoms with E-state index in [0.717, 1.165) is 19.1 Å². The van der Waals surface area contributed by atoms with Crippen LogP contribution < -0.4 is 5.32 Å². The van der Waals surface area contributed by atoms with Crippen molar-refractivity contribution >= 4 is 0 Å². The number of likely N-dealkylation sites (N-methyl/N-ethyl adjacent to an activating group) is 1. The highest BCUT2D eigenvalue weighted by molar-refractivity contribution is 5.27. The Hall–Kier alpha value is -0.900. The summed E-state index contributed by atoms with van der Waals surface area (Å²) in [6.45, 7) is 7.00. The van der Waals surface area contributed by atoms with E-state index in [1.807, 2.05) is 0 Å². The van der Waals surface area contributed by atoms with Crippen molar-refractivity contribution in [3.05, 3.63) is 35.4 Å². The Balaban J connectivity index is 1.60. The van der Waals surface area contributed by atoms with Crippen LogP contribution in [0.4, 0.5) is 0 Å². The Morgan fingerprint density at radius 2 is 1.85 bits per heavy atom. The summed E-state index contributed by atoms with van der Waals surface area (Å²) in [5, 5.41) is 3.64. The summed E-state index contributed by atoms with van der Waals surface area (Å²) < 4.78 is 0. The third kappa shape index (κ3) is 4.05. The third-order valence-corrected chi connectivity index (χ3v) is 4.48. The number of benzene rings is 1. The van der Waals surface area contributed by atoms with Gasteiger partial charge in [-0.05, 0) is 50.5 Å². The maximum absolute atomic E-state index is 3.64. The number of nitrogens with one attached hydrogen (secondary N) is 1. The van der Waals surface area contributed by atoms with Crippen LogP contribution >= 0.6 is 0 Å². The molecule has 20 heavy (non-hydrogen) atoms. The van der Waals surface area contributed by atoms with Gasteiger partial charge in [0.05, 0.1) is 0 Å². The smallest absolute Gasteiger partial charge is 0.0237 e. The molecule has 1 aromatic carbocycles. The van der Waals surface area contributed by atoms with Gasteiger partial charge in [-0.25, -0.2) is 0 Å². The van der Waals surface area contributed by atoms with Crippen LogP contribution in [0.5, 0.6) is 0 Å². The maximum atomic E-state index is 3.64. The molecule has 0 unspecified atom stereocenters. The van der Waals surface area contributed by atoms with Gasteiger partial charge in [0.2, 0.25) is 0 Å². The van der Waals surface area contributed by atoms with E-state index in [9.17, 15) is 0 Å². The molecule has 110 valence electrons. The van der Waals surface area contributed by atoms with E-state index >= 15 is 0 Å². The summed E-state index contributed by atoms with van der Waals surface area (Å²) in [5.41, 5.74) is 2.99. The fraction of sp³-hybridized carbons (Fsp3) is 0.647. The Labute approximate surface area is 123 Å². The van der Waals surface area contributed by atoms with E-state index in [2.05, 4.69) is 46.4 Å². The standard InChI is InChI=1S/C17H27N3/c1-19-9-4-10-20(12-11-19)14-16-6-3-2-5-15(16)13-18-17-7-8-17/h2-3,5-6,17-18H,4,7-14H2,1H3. The van der Waals surface area contributed by atoms with Crippen LogP contribution in [-0.4, -0.2) is 49.1 Å². The normalized spacial score (nSPS) is 21.9. The van der Waals surface area contributed by atoms with Crippen LogP contribution in [0.1, 0.15) is 30.4 Å². The highest BCUT2D eigenvalue weighted by Gasteiger charge is 2.20. The zero-order chi connectivity index (χ0) is 13.8. The van der Waals surface area contributed by atoms with E-state index in [1.54, 1.807) is 0 Å². The van der Waals surface area contributed by atoms with Crippen molar-refractivity contribution in [3.8, 4) is 0 Å². The van der Waals surface area contributed by atoms with E-state index in [-0.39, 0.29) is 0 Å². The predicted octanol–water partition coefficient (Wildman–Crippen LogP) is 2.08. The van der Waals surface area contributed by atoms with E-state index in [0.29, 0.717) is 0 Å². The molecule has 0 bridgehead atoms. The Bertz CT molecular complexity index is 428. The second-order valence-electron chi connectivity index (χ2n) is 6.36. The van der Waals surface area contributed by atoms with Crippen LogP contribution in [0.25, 0.3) is 0 Å². The summed E-state index contributed by atoms with van der Waals surface area (Å²) >= 11 is 0. The van der Waals surface area contributed by atoms with Gasteiger partial charge in [-0.15, -0.1) is 0 Å². The van der Waals surface area contributed by atoms with Crippen LogP contribution in [0.15, 0.2) is 24.3 Å². The lowest BCUT2D eigenvalue weighted by atomic mass is 10.1. The van der Waals surface area contributed by atoms with Crippen LogP contribution in [0, 0.1) is 0 Å². The molecule has 1 N–H and O–H groups in total. The minimum Gasteiger partial charge on any atom is -0.310 e. The van der Waals surface area contributed by atoms with Gasteiger partial charge in [0.1, 0.15) is 0 Å². The lowest BCUT2D eigenvalue weighted by molar-refractivity contribution is 0.268. The molecule has 3 heteroatoms. The minimum atomic E-state index is 0.787. The van der Waals surface area contributed by atoms with Gasteiger partial charge in [0, 0.05) is 32.2 Å². The minimum absolute atomic E-state index is 0.787. The van der Waals surface area contributed by atoms with Gasteiger partial charge < -0.3 is 10.2 Å². The monoisotopic (exact) mass is 273 g/mol. The van der Waals surface area contributed by atoms with Crippen molar-refractivity contribution in [1.29, 1.82) is 0 Å². The molecule has 2 fully saturated rings. The molecule has 3 nitrogen and oxygen atoms in total. The predicted molar refractivity (Wildman–Crippen MR) is 83.7 cm³/mol. The van der Waals surface area contributed by atoms with Crippen LogP contribution in [0.2, 0.25) is 0 Å². The van der Waals surface area contributed by atoms with E-state index < -0.39 is 0 Å². The fourth-order valence-electron chi connectivity index (χ4n) is 2.92. The fourth-order valence-corrected chi connectivity index (χ4v) is 2.92. The van der Waals surface area contributed by atoms with E-state index in [1.165, 1.54) is 56.6 Å². The summed E-state index contributed by atoms with van der Waals surface area (Å²) in [4.78, 5) is 5.06. The Kier molecular flexibility index (Phi) is 4.71. The molecule has 0 aromatic heterocycles. The average Bonchev–Trinajstić information content (AvgIpc) is 3.28. The van der Waals surface area contributed by atoms with Gasteiger partial charge in [-0.2, -0.15) is 0 Å². The SMILES string of the molecule is CN1CCCN(Cc2ccccc2CNC2CC2)CC1. The first kappa shape index (κ1) is 14.1. The Morgan fingerprint density at radius 1 is 1.05 bits per heavy atom. The molecule has 1 aromatic rings. The molecule has 0 radical (unpaired) electrons. The summed E-state index contributed by atoms with van der Waals surface area (Å²) in [5.74, 6) is 0. The first-order valence-corrected chi connectivity index (χ1v) is 8.02. The molecule has 1 saturated carbocycles. The van der Waals surface area contributed by atoms with E-state index in [4.69, 9.17) is 0 Å². The molecule has 3 rings (SSSR count). The molecule has 0 amide bonds. The lowest BCUT2D eigenvalue weighted by Crippen LogP contribution is -2.29. The van der Waals surface area contributed by atoms with Crippen LogP contribution in [0.3, 0.4) is 0 Å². The second kappa shape index (κ2) is 6.70. The molecule has 1 heterocycles. The summed E-state index contributed by atoms with van der Waals surface area (Å²) in [7, 11) is 2.23. The number of rotatable bonds is 5. The first-order valence-electron chi connectivity index (χ1n) is 8.02. The van der Waals surface area contributed by atoms with Crippen LogP contribution in [-0.2, 0) is 13.1 Å². The molecule has 0 atom stereocenters. The third-order valence-electron chi connectivity index (χ3n) is 4.48. The number of hydrogen-bond acceptors (Lipinski definition) is 3. The van der Waals surface area contributed by atoms with Gasteiger partial charge in [-0.1, -0.05) is 24.3 Å². The van der Waals surface area contributed by atoms with Crippen molar-refractivity contribution in [3.63, 3.8) is 0 Å². The van der Waals surface area contributed by atoms with Crippen molar-refractivity contribution in [2.45, 2.75) is 38.4 Å². The first-order chi connectivity index (χ1) is 9.81. The molecule has 1 aliphatic heterocycles. The van der Waals surface area contributed by atoms with Crippen molar-refractivity contribution in [1.82, 2.24) is 15.1 Å². The van der Waals surface area contributed by atoms with Gasteiger partial charge in [0.15, 0.2) is 0 Å². The Morgan fingerprint density at radius 3 is 2.65 bits per heavy atom. The zero-order valence-corrected chi connectivity index (χ0v) is 12.6. The quantitative estimate of drug-likeness (QED) is 0.886. The number of nitrogens with zero attached hydrogens (tertiary/aromatic N) is 2. The molecule has 1 saturated heterocycles. The number of hydrogen-bond donors (Lipinski definition) is 1. The molecular weight excluding hydrogens is 246 g/mol. The topological polar surface area (TPSA) is 18.5 Å². The largest absolute Gasteiger partial charge is 0.310 e. The molecule has 1 aliphatic carbocycles. The zero-order valence-electron chi connectivity index (χ0n) is 12.6. The van der Waals surface area contributed by atoms with Gasteiger partial charge in [-0.3, -0.25) is 4.90 Å². The van der Waals surface area contributed by atoms with Crippen molar-refractivity contribution < 1.29 is 0 Å². The van der Waals surface area contributed by atoms with Gasteiger partial charge in [0.25, 0.3) is 0 Å². The van der Waals surface area contributed by atoms with Crippen molar-refractivity contribution in [2.24, 2.45) is 0 Å². The maximum Gasteiger partial charge on any atom is 0.0237 e. The second-order valence-corrected chi connectivity index (χ2v) is 6.36. The highest BCUT2D eigenvalue weighted by Crippen LogP contribution is 2.20. The summed E-state index contributed by atoms with van der Waals surface area (Å²) in [6.07, 6.45) is 4.01. The average molecular weight is 273 g/mol. The highest BCUT2D eigenvalue weighted by atomic mass is 15.2. The lowest BCUT2D eigenvalue weighted by Gasteiger charge is -2.22. The van der Waals surface area contributed by atoms with Gasteiger partial charge >= 0.3 is 0 Å². The molecule has 2 aliphatic rings. The summed E-state index contributed by atoms with van der Waals surface area (Å²) in [6, 6.07) is 9.73. The molecular formula is C17H27N3.